The summed E-state index contributed by atoms with van der Waals surface area (Å²) in [5.74, 6) is 0.161. The van der Waals surface area contributed by atoms with Gasteiger partial charge in [0.15, 0.2) is 18.1 Å². The van der Waals surface area contributed by atoms with Gasteiger partial charge in [0, 0.05) is 5.56 Å². The molecule has 0 saturated carbocycles. The van der Waals surface area contributed by atoms with Crippen LogP contribution in [0, 0.1) is 0 Å². The molecule has 0 aliphatic carbocycles. The third kappa shape index (κ3) is 3.54. The molecule has 0 saturated heterocycles. The summed E-state index contributed by atoms with van der Waals surface area (Å²) in [4.78, 5) is 37.9. The number of rotatable bonds is 3. The molecular weight excluding hydrogens is 366 g/mol. The zero-order chi connectivity index (χ0) is 19.5. The zero-order valence-corrected chi connectivity index (χ0v) is 14.8. The number of hydrogen-bond acceptors (Lipinski definition) is 6. The van der Waals surface area contributed by atoms with Crippen LogP contribution in [0.15, 0.2) is 42.5 Å². The lowest BCUT2D eigenvalue weighted by Gasteiger charge is -2.28. The van der Waals surface area contributed by atoms with Crippen LogP contribution in [0.25, 0.3) is 0 Å². The molecule has 4 rings (SSSR count). The van der Waals surface area contributed by atoms with E-state index in [1.807, 2.05) is 0 Å². The fourth-order valence-corrected chi connectivity index (χ4v) is 2.89. The van der Waals surface area contributed by atoms with E-state index in [-0.39, 0.29) is 19.1 Å². The summed E-state index contributed by atoms with van der Waals surface area (Å²) in [6.45, 7) is 0.469. The van der Waals surface area contributed by atoms with Crippen LogP contribution in [0.2, 0.25) is 0 Å². The van der Waals surface area contributed by atoms with Gasteiger partial charge in [0.1, 0.15) is 25.5 Å². The molecule has 0 unspecified atom stereocenters. The van der Waals surface area contributed by atoms with Gasteiger partial charge in [-0.25, -0.2) is 0 Å². The molecule has 0 aromatic heterocycles. The number of para-hydroxylation sites is 2. The van der Waals surface area contributed by atoms with Crippen molar-refractivity contribution < 1.29 is 28.6 Å². The Balaban J connectivity index is 1.37. The number of carbonyl (C=O) groups excluding carboxylic acids is 3. The van der Waals surface area contributed by atoms with Crippen LogP contribution in [0.1, 0.15) is 10.4 Å². The Labute approximate surface area is 160 Å². The highest BCUT2D eigenvalue weighted by atomic mass is 16.6. The van der Waals surface area contributed by atoms with Gasteiger partial charge < -0.3 is 14.2 Å². The number of fused-ring (bicyclic) bond motifs is 2. The Bertz CT molecular complexity index is 945. The molecule has 2 N–H and O–H groups in total. The largest absolute Gasteiger partial charge is 0.486 e. The molecule has 9 nitrogen and oxygen atoms in total. The van der Waals surface area contributed by atoms with Crippen molar-refractivity contribution in [1.82, 2.24) is 10.9 Å². The highest BCUT2D eigenvalue weighted by Gasteiger charge is 2.27. The molecule has 0 bridgehead atoms. The first-order chi connectivity index (χ1) is 13.6. The molecule has 2 aromatic rings. The summed E-state index contributed by atoms with van der Waals surface area (Å²) in [6, 6.07) is 11.7. The van der Waals surface area contributed by atoms with Crippen LogP contribution in [0.5, 0.6) is 17.2 Å². The average molecular weight is 383 g/mol. The van der Waals surface area contributed by atoms with Gasteiger partial charge in [-0.05, 0) is 30.3 Å². The third-order valence-corrected chi connectivity index (χ3v) is 4.23. The summed E-state index contributed by atoms with van der Waals surface area (Å²) < 4.78 is 16.2. The Morgan fingerprint density at radius 1 is 0.929 bits per heavy atom. The van der Waals surface area contributed by atoms with E-state index in [2.05, 4.69) is 10.9 Å². The van der Waals surface area contributed by atoms with Gasteiger partial charge in [0.2, 0.25) is 0 Å². The standard InChI is InChI=1S/C19H17N3O6/c23-17(10-22-13-3-1-2-4-14(13)28-11-18(22)24)20-21-19(25)12-5-6-15-16(9-12)27-8-7-26-15/h1-6,9H,7-8,10-11H2,(H,20,23)(H,21,25). The van der Waals surface area contributed by atoms with E-state index in [1.165, 1.54) is 11.0 Å². The molecule has 28 heavy (non-hydrogen) atoms. The molecule has 0 radical (unpaired) electrons. The molecule has 2 aromatic carbocycles. The quantitative estimate of drug-likeness (QED) is 0.754. The maximum absolute atomic E-state index is 12.3. The van der Waals surface area contributed by atoms with Crippen LogP contribution in [-0.4, -0.2) is 44.1 Å². The van der Waals surface area contributed by atoms with E-state index >= 15 is 0 Å². The fourth-order valence-electron chi connectivity index (χ4n) is 2.89. The maximum atomic E-state index is 12.3. The van der Waals surface area contributed by atoms with Crippen molar-refractivity contribution in [3.63, 3.8) is 0 Å². The summed E-state index contributed by atoms with van der Waals surface area (Å²) in [5.41, 5.74) is 5.45. The lowest BCUT2D eigenvalue weighted by molar-refractivity contribution is -0.125. The smallest absolute Gasteiger partial charge is 0.269 e. The lowest BCUT2D eigenvalue weighted by atomic mass is 10.2. The molecular formula is C19H17N3O6. The SMILES string of the molecule is O=C(CN1C(=O)COc2ccccc21)NNC(=O)c1ccc2c(c1)OCCO2. The number of hydrazine groups is 1. The van der Waals surface area contributed by atoms with Gasteiger partial charge in [0.05, 0.1) is 5.69 Å². The first-order valence-corrected chi connectivity index (χ1v) is 8.63. The minimum atomic E-state index is -0.545. The second-order valence-corrected chi connectivity index (χ2v) is 6.10. The predicted octanol–water partition coefficient (Wildman–Crippen LogP) is 0.644. The fraction of sp³-hybridized carbons (Fsp3) is 0.211. The molecule has 0 spiro atoms. The first kappa shape index (κ1) is 17.7. The van der Waals surface area contributed by atoms with Crippen molar-refractivity contribution in [1.29, 1.82) is 0 Å². The number of nitrogens with one attached hydrogen (secondary N) is 2. The molecule has 2 aliphatic rings. The second kappa shape index (κ2) is 7.47. The van der Waals surface area contributed by atoms with Gasteiger partial charge >= 0.3 is 0 Å². The molecule has 2 aliphatic heterocycles. The van der Waals surface area contributed by atoms with Crippen LogP contribution >= 0.6 is 0 Å². The molecule has 144 valence electrons. The van der Waals surface area contributed by atoms with E-state index in [0.29, 0.717) is 41.7 Å². The number of benzene rings is 2. The van der Waals surface area contributed by atoms with Gasteiger partial charge in [-0.1, -0.05) is 12.1 Å². The van der Waals surface area contributed by atoms with Gasteiger partial charge in [0.25, 0.3) is 17.7 Å². The summed E-state index contributed by atoms with van der Waals surface area (Å²) >= 11 is 0. The number of hydrogen-bond donors (Lipinski definition) is 2. The van der Waals surface area contributed by atoms with Gasteiger partial charge in [-0.2, -0.15) is 0 Å². The first-order valence-electron chi connectivity index (χ1n) is 8.63. The minimum Gasteiger partial charge on any atom is -0.486 e. The maximum Gasteiger partial charge on any atom is 0.269 e. The highest BCUT2D eigenvalue weighted by Crippen LogP contribution is 2.31. The summed E-state index contributed by atoms with van der Waals surface area (Å²) in [6.07, 6.45) is 0. The van der Waals surface area contributed by atoms with E-state index in [1.54, 1.807) is 36.4 Å². The zero-order valence-electron chi connectivity index (χ0n) is 14.8. The molecule has 9 heteroatoms. The lowest BCUT2D eigenvalue weighted by Crippen LogP contribution is -2.49. The van der Waals surface area contributed by atoms with Crippen molar-refractivity contribution in [2.24, 2.45) is 0 Å². The number of anilines is 1. The summed E-state index contributed by atoms with van der Waals surface area (Å²) in [7, 11) is 0. The predicted molar refractivity (Wildman–Crippen MR) is 97.3 cm³/mol. The summed E-state index contributed by atoms with van der Waals surface area (Å²) in [5, 5.41) is 0. The van der Waals surface area contributed by atoms with Crippen molar-refractivity contribution in [3.8, 4) is 17.2 Å². The van der Waals surface area contributed by atoms with Gasteiger partial charge in [-0.3, -0.25) is 30.1 Å². The monoisotopic (exact) mass is 383 g/mol. The molecule has 3 amide bonds. The van der Waals surface area contributed by atoms with E-state index in [4.69, 9.17) is 14.2 Å². The number of carbonyl (C=O) groups is 3. The van der Waals surface area contributed by atoms with Crippen LogP contribution in [-0.2, 0) is 9.59 Å². The van der Waals surface area contributed by atoms with E-state index in [9.17, 15) is 14.4 Å². The Morgan fingerprint density at radius 3 is 2.57 bits per heavy atom. The minimum absolute atomic E-state index is 0.145. The number of nitrogens with zero attached hydrogens (tertiary/aromatic N) is 1. The van der Waals surface area contributed by atoms with Crippen LogP contribution in [0.3, 0.4) is 0 Å². The Kier molecular flexibility index (Phi) is 4.71. The van der Waals surface area contributed by atoms with Crippen molar-refractivity contribution >= 4 is 23.4 Å². The van der Waals surface area contributed by atoms with Gasteiger partial charge in [-0.15, -0.1) is 0 Å². The normalized spacial score (nSPS) is 14.6. The second-order valence-electron chi connectivity index (χ2n) is 6.10. The van der Waals surface area contributed by atoms with Crippen molar-refractivity contribution in [2.45, 2.75) is 0 Å². The topological polar surface area (TPSA) is 106 Å². The Hall–Kier alpha value is -3.75. The number of ether oxygens (including phenoxy) is 3. The van der Waals surface area contributed by atoms with Crippen LogP contribution in [0.4, 0.5) is 5.69 Å². The Morgan fingerprint density at radius 2 is 1.71 bits per heavy atom. The van der Waals surface area contributed by atoms with Crippen LogP contribution < -0.4 is 30.0 Å². The molecule has 0 atom stereocenters. The number of amides is 3. The third-order valence-electron chi connectivity index (χ3n) is 4.23. The molecule has 0 fully saturated rings. The van der Waals surface area contributed by atoms with E-state index < -0.39 is 11.8 Å². The molecule has 2 heterocycles. The van der Waals surface area contributed by atoms with Crippen molar-refractivity contribution in [2.75, 3.05) is 31.3 Å². The average Bonchev–Trinajstić information content (AvgIpc) is 2.73. The van der Waals surface area contributed by atoms with Crippen molar-refractivity contribution in [3.05, 3.63) is 48.0 Å². The highest BCUT2D eigenvalue weighted by molar-refractivity contribution is 6.02. The van der Waals surface area contributed by atoms with E-state index in [0.717, 1.165) is 0 Å².